The van der Waals surface area contributed by atoms with Gasteiger partial charge in [0.1, 0.15) is 5.69 Å². The van der Waals surface area contributed by atoms with Crippen LogP contribution in [0.5, 0.6) is 0 Å². The van der Waals surface area contributed by atoms with Crippen molar-refractivity contribution >= 4 is 17.5 Å². The molecule has 6 nitrogen and oxygen atoms in total. The van der Waals surface area contributed by atoms with Gasteiger partial charge in [0.25, 0.3) is 11.8 Å². The van der Waals surface area contributed by atoms with Crippen LogP contribution in [0.3, 0.4) is 0 Å². The zero-order valence-electron chi connectivity index (χ0n) is 16.1. The standard InChI is InChI=1S/C22H25N3O3/c1-17-8-7-11-19(23-17)20(26)24-14-15-28-22(16-24)12-5-6-13-25(21(22)27)18-9-3-2-4-10-18/h2-4,7-11H,5-6,12-16H2,1H3. The zero-order valence-corrected chi connectivity index (χ0v) is 16.1. The molecule has 146 valence electrons. The Hall–Kier alpha value is -2.73. The van der Waals surface area contributed by atoms with E-state index >= 15 is 0 Å². The van der Waals surface area contributed by atoms with Gasteiger partial charge in [0.05, 0.1) is 13.2 Å². The van der Waals surface area contributed by atoms with Gasteiger partial charge in [-0.05, 0) is 50.5 Å². The van der Waals surface area contributed by atoms with Crippen LogP contribution in [0.25, 0.3) is 0 Å². The molecule has 1 atom stereocenters. The Morgan fingerprint density at radius 1 is 1.07 bits per heavy atom. The van der Waals surface area contributed by atoms with Crippen molar-refractivity contribution in [3.8, 4) is 0 Å². The van der Waals surface area contributed by atoms with Gasteiger partial charge < -0.3 is 14.5 Å². The number of carbonyl (C=O) groups excluding carboxylic acids is 2. The van der Waals surface area contributed by atoms with Gasteiger partial charge in [0.2, 0.25) is 0 Å². The van der Waals surface area contributed by atoms with Gasteiger partial charge in [-0.3, -0.25) is 9.59 Å². The lowest BCUT2D eigenvalue weighted by atomic mass is 9.93. The minimum Gasteiger partial charge on any atom is -0.361 e. The predicted octanol–water partition coefficient (Wildman–Crippen LogP) is 2.82. The van der Waals surface area contributed by atoms with Crippen LogP contribution in [-0.2, 0) is 9.53 Å². The van der Waals surface area contributed by atoms with E-state index in [4.69, 9.17) is 4.74 Å². The van der Waals surface area contributed by atoms with Gasteiger partial charge >= 0.3 is 0 Å². The number of carbonyl (C=O) groups is 2. The van der Waals surface area contributed by atoms with Crippen LogP contribution in [0, 0.1) is 6.92 Å². The number of aryl methyl sites for hydroxylation is 1. The molecule has 0 radical (unpaired) electrons. The molecule has 1 spiro atoms. The van der Waals surface area contributed by atoms with E-state index < -0.39 is 5.60 Å². The largest absolute Gasteiger partial charge is 0.361 e. The first kappa shape index (κ1) is 18.6. The highest BCUT2D eigenvalue weighted by molar-refractivity contribution is 6.01. The molecule has 1 unspecified atom stereocenters. The summed E-state index contributed by atoms with van der Waals surface area (Å²) in [5.74, 6) is -0.194. The summed E-state index contributed by atoms with van der Waals surface area (Å²) in [7, 11) is 0. The number of nitrogens with zero attached hydrogens (tertiary/aromatic N) is 3. The Morgan fingerprint density at radius 2 is 1.89 bits per heavy atom. The lowest BCUT2D eigenvalue weighted by Gasteiger charge is -2.42. The molecule has 0 aliphatic carbocycles. The van der Waals surface area contributed by atoms with E-state index in [1.807, 2.05) is 54.3 Å². The number of hydrogen-bond donors (Lipinski definition) is 0. The van der Waals surface area contributed by atoms with E-state index in [1.54, 1.807) is 11.0 Å². The summed E-state index contributed by atoms with van der Waals surface area (Å²) >= 11 is 0. The molecule has 0 N–H and O–H groups in total. The highest BCUT2D eigenvalue weighted by Gasteiger charge is 2.48. The smallest absolute Gasteiger partial charge is 0.272 e. The second-order valence-corrected chi connectivity index (χ2v) is 7.48. The molecule has 4 rings (SSSR count). The number of morpholine rings is 1. The lowest BCUT2D eigenvalue weighted by molar-refractivity contribution is -0.155. The molecule has 2 saturated heterocycles. The maximum atomic E-state index is 13.5. The SMILES string of the molecule is Cc1cccc(C(=O)N2CCOC3(CCCCN(c4ccccc4)C3=O)C2)n1. The molecule has 2 amide bonds. The van der Waals surface area contributed by atoms with Crippen LogP contribution in [0.2, 0.25) is 0 Å². The normalized spacial score (nSPS) is 23.0. The molecule has 0 bridgehead atoms. The number of anilines is 1. The highest BCUT2D eigenvalue weighted by Crippen LogP contribution is 2.32. The van der Waals surface area contributed by atoms with Crippen LogP contribution in [0.4, 0.5) is 5.69 Å². The number of amides is 2. The van der Waals surface area contributed by atoms with Crippen LogP contribution < -0.4 is 4.90 Å². The Bertz CT molecular complexity index is 870. The third-order valence-electron chi connectivity index (χ3n) is 5.50. The summed E-state index contributed by atoms with van der Waals surface area (Å²) in [5.41, 5.74) is 1.11. The average Bonchev–Trinajstić information content (AvgIpc) is 2.88. The summed E-state index contributed by atoms with van der Waals surface area (Å²) in [6.45, 7) is 3.62. The number of aromatic nitrogens is 1. The van der Waals surface area contributed by atoms with Crippen LogP contribution in [-0.4, -0.2) is 53.5 Å². The van der Waals surface area contributed by atoms with Crippen molar-refractivity contribution in [1.29, 1.82) is 0 Å². The highest BCUT2D eigenvalue weighted by atomic mass is 16.5. The fourth-order valence-corrected chi connectivity index (χ4v) is 4.05. The summed E-state index contributed by atoms with van der Waals surface area (Å²) < 4.78 is 6.08. The first-order valence-corrected chi connectivity index (χ1v) is 9.83. The molecule has 6 heteroatoms. The van der Waals surface area contributed by atoms with Crippen LogP contribution in [0.1, 0.15) is 35.4 Å². The summed E-state index contributed by atoms with van der Waals surface area (Å²) in [4.78, 5) is 34.4. The van der Waals surface area contributed by atoms with Crippen molar-refractivity contribution in [2.75, 3.05) is 31.1 Å². The number of para-hydroxylation sites is 1. The van der Waals surface area contributed by atoms with Crippen molar-refractivity contribution in [3.05, 3.63) is 59.9 Å². The monoisotopic (exact) mass is 379 g/mol. The molecule has 2 aromatic rings. The fraction of sp³-hybridized carbons (Fsp3) is 0.409. The lowest BCUT2D eigenvalue weighted by Crippen LogP contribution is -2.61. The first-order valence-electron chi connectivity index (χ1n) is 9.83. The Balaban J connectivity index is 1.60. The van der Waals surface area contributed by atoms with E-state index in [0.717, 1.165) is 24.2 Å². The topological polar surface area (TPSA) is 62.7 Å². The van der Waals surface area contributed by atoms with Crippen LogP contribution in [0.15, 0.2) is 48.5 Å². The molecule has 0 saturated carbocycles. The molecular formula is C22H25N3O3. The fourth-order valence-electron chi connectivity index (χ4n) is 4.05. The number of hydrogen-bond acceptors (Lipinski definition) is 4. The maximum absolute atomic E-state index is 13.5. The summed E-state index contributed by atoms with van der Waals surface area (Å²) in [5, 5.41) is 0. The van der Waals surface area contributed by atoms with Gasteiger partial charge in [-0.25, -0.2) is 4.98 Å². The molecule has 1 aromatic carbocycles. The third kappa shape index (κ3) is 3.52. The number of benzene rings is 1. The molecule has 2 fully saturated rings. The predicted molar refractivity (Wildman–Crippen MR) is 106 cm³/mol. The van der Waals surface area contributed by atoms with Crippen molar-refractivity contribution < 1.29 is 14.3 Å². The first-order chi connectivity index (χ1) is 13.6. The number of ether oxygens (including phenoxy) is 1. The van der Waals surface area contributed by atoms with E-state index in [2.05, 4.69) is 4.98 Å². The van der Waals surface area contributed by atoms with Gasteiger partial charge in [-0.1, -0.05) is 24.3 Å². The molecule has 3 heterocycles. The second kappa shape index (κ2) is 7.72. The third-order valence-corrected chi connectivity index (χ3v) is 5.50. The van der Waals surface area contributed by atoms with Crippen molar-refractivity contribution in [2.45, 2.75) is 31.8 Å². The zero-order chi connectivity index (χ0) is 19.6. The quantitative estimate of drug-likeness (QED) is 0.805. The van der Waals surface area contributed by atoms with Gasteiger partial charge in [0.15, 0.2) is 5.60 Å². The molecule has 28 heavy (non-hydrogen) atoms. The average molecular weight is 379 g/mol. The molecule has 2 aliphatic heterocycles. The minimum atomic E-state index is -0.982. The van der Waals surface area contributed by atoms with E-state index in [1.165, 1.54) is 0 Å². The second-order valence-electron chi connectivity index (χ2n) is 7.48. The molecular weight excluding hydrogens is 354 g/mol. The van der Waals surface area contributed by atoms with Crippen molar-refractivity contribution in [1.82, 2.24) is 9.88 Å². The van der Waals surface area contributed by atoms with E-state index in [-0.39, 0.29) is 18.4 Å². The Labute approximate surface area is 165 Å². The number of pyridine rings is 1. The van der Waals surface area contributed by atoms with Crippen LogP contribution >= 0.6 is 0 Å². The van der Waals surface area contributed by atoms with Gasteiger partial charge in [-0.15, -0.1) is 0 Å². The van der Waals surface area contributed by atoms with Crippen molar-refractivity contribution in [2.24, 2.45) is 0 Å². The Morgan fingerprint density at radius 3 is 2.68 bits per heavy atom. The van der Waals surface area contributed by atoms with Crippen molar-refractivity contribution in [3.63, 3.8) is 0 Å². The van der Waals surface area contributed by atoms with E-state index in [9.17, 15) is 9.59 Å². The molecule has 2 aliphatic rings. The minimum absolute atomic E-state index is 0.0501. The van der Waals surface area contributed by atoms with Gasteiger partial charge in [0, 0.05) is 24.5 Å². The van der Waals surface area contributed by atoms with E-state index in [0.29, 0.717) is 31.8 Å². The summed E-state index contributed by atoms with van der Waals surface area (Å²) in [6.07, 6.45) is 2.43. The maximum Gasteiger partial charge on any atom is 0.272 e. The molecule has 1 aromatic heterocycles. The van der Waals surface area contributed by atoms with Gasteiger partial charge in [-0.2, -0.15) is 0 Å². The Kier molecular flexibility index (Phi) is 5.13. The number of rotatable bonds is 2. The summed E-state index contributed by atoms with van der Waals surface area (Å²) in [6, 6.07) is 15.1.